The van der Waals surface area contributed by atoms with Crippen LogP contribution in [0.3, 0.4) is 0 Å². The van der Waals surface area contributed by atoms with Crippen molar-refractivity contribution in [2.24, 2.45) is 0 Å². The Bertz CT molecular complexity index is 92.0. The topological polar surface area (TPSA) is 40.5 Å². The summed E-state index contributed by atoms with van der Waals surface area (Å²) in [7, 11) is 0. The molecule has 8 heavy (non-hydrogen) atoms. The van der Waals surface area contributed by atoms with Gasteiger partial charge in [0.05, 0.1) is 11.6 Å². The first kappa shape index (κ1) is 8.24. The van der Waals surface area contributed by atoms with Crippen LogP contribution >= 0.6 is 23.2 Å². The van der Waals surface area contributed by atoms with Crippen LogP contribution in [0.1, 0.15) is 0 Å². The van der Waals surface area contributed by atoms with Crippen molar-refractivity contribution in [3.05, 3.63) is 10.6 Å². The molecule has 2 nitrogen and oxygen atoms in total. The quantitative estimate of drug-likeness (QED) is 0.617. The molecule has 4 heteroatoms. The minimum atomic E-state index is -1.03. The fourth-order valence-electron chi connectivity index (χ4n) is 0.160. The van der Waals surface area contributed by atoms with E-state index in [1.165, 1.54) is 0 Å². The van der Waals surface area contributed by atoms with Crippen molar-refractivity contribution in [2.45, 2.75) is 6.10 Å². The Labute approximate surface area is 57.3 Å². The lowest BCUT2D eigenvalue weighted by Crippen LogP contribution is -2.10. The van der Waals surface area contributed by atoms with Gasteiger partial charge in [-0.15, -0.1) is 0 Å². The Hall–Kier alpha value is 0.240. The lowest BCUT2D eigenvalue weighted by atomic mass is 10.4. The third-order valence-corrected chi connectivity index (χ3v) is 1.30. The standard InChI is InChI=1S/C4H6Cl2O2/c5-1-3(6)4(8)2-7/h1,4,7-8H,2H2/b3-1-. The Morgan fingerprint density at radius 3 is 2.38 bits per heavy atom. The minimum absolute atomic E-state index is 0.0502. The van der Waals surface area contributed by atoms with Crippen molar-refractivity contribution in [3.8, 4) is 0 Å². The van der Waals surface area contributed by atoms with Crippen molar-refractivity contribution in [1.29, 1.82) is 0 Å². The fraction of sp³-hybridized carbons (Fsp3) is 0.500. The summed E-state index contributed by atoms with van der Waals surface area (Å²) in [6.07, 6.45) is -1.03. The number of hydrogen-bond donors (Lipinski definition) is 2. The van der Waals surface area contributed by atoms with E-state index >= 15 is 0 Å². The number of rotatable bonds is 2. The summed E-state index contributed by atoms with van der Waals surface area (Å²) in [6.45, 7) is -0.401. The summed E-state index contributed by atoms with van der Waals surface area (Å²) in [5.74, 6) is 0. The zero-order chi connectivity index (χ0) is 6.57. The predicted molar refractivity (Wildman–Crippen MR) is 32.9 cm³/mol. The van der Waals surface area contributed by atoms with Crippen LogP contribution in [0.5, 0.6) is 0 Å². The van der Waals surface area contributed by atoms with Crippen LogP contribution in [0.2, 0.25) is 0 Å². The second-order valence-electron chi connectivity index (χ2n) is 1.19. The van der Waals surface area contributed by atoms with Crippen LogP contribution in [0.15, 0.2) is 10.6 Å². The van der Waals surface area contributed by atoms with E-state index in [1.54, 1.807) is 0 Å². The van der Waals surface area contributed by atoms with E-state index in [0.29, 0.717) is 0 Å². The van der Waals surface area contributed by atoms with E-state index < -0.39 is 12.7 Å². The van der Waals surface area contributed by atoms with Gasteiger partial charge in [-0.2, -0.15) is 0 Å². The number of hydrogen-bond acceptors (Lipinski definition) is 2. The van der Waals surface area contributed by atoms with Crippen molar-refractivity contribution < 1.29 is 10.2 Å². The molecule has 1 atom stereocenters. The summed E-state index contributed by atoms with van der Waals surface area (Å²) >= 11 is 10.3. The summed E-state index contributed by atoms with van der Waals surface area (Å²) in [5, 5.41) is 16.8. The smallest absolute Gasteiger partial charge is 0.113 e. The van der Waals surface area contributed by atoms with E-state index in [-0.39, 0.29) is 5.03 Å². The molecule has 0 spiro atoms. The molecule has 0 aliphatic carbocycles. The summed E-state index contributed by atoms with van der Waals surface area (Å²) < 4.78 is 0. The molecule has 0 radical (unpaired) electrons. The maximum absolute atomic E-state index is 8.59. The Kier molecular flexibility index (Phi) is 4.28. The molecule has 0 aliphatic heterocycles. The molecule has 0 amide bonds. The van der Waals surface area contributed by atoms with Crippen LogP contribution in [-0.2, 0) is 0 Å². The van der Waals surface area contributed by atoms with Gasteiger partial charge in [0.15, 0.2) is 0 Å². The normalized spacial score (nSPS) is 16.2. The lowest BCUT2D eigenvalue weighted by molar-refractivity contribution is 0.128. The third-order valence-electron chi connectivity index (χ3n) is 0.596. The molecule has 0 aromatic heterocycles. The molecule has 48 valence electrons. The van der Waals surface area contributed by atoms with Crippen molar-refractivity contribution in [1.82, 2.24) is 0 Å². The number of halogens is 2. The zero-order valence-corrected chi connectivity index (χ0v) is 5.52. The van der Waals surface area contributed by atoms with E-state index in [0.717, 1.165) is 5.54 Å². The van der Waals surface area contributed by atoms with Crippen LogP contribution in [0.4, 0.5) is 0 Å². The molecule has 2 N–H and O–H groups in total. The zero-order valence-electron chi connectivity index (χ0n) is 4.01. The Morgan fingerprint density at radius 1 is 1.75 bits per heavy atom. The van der Waals surface area contributed by atoms with Gasteiger partial charge in [-0.3, -0.25) is 0 Å². The molecular weight excluding hydrogens is 151 g/mol. The van der Waals surface area contributed by atoms with Crippen molar-refractivity contribution in [2.75, 3.05) is 6.61 Å². The van der Waals surface area contributed by atoms with Gasteiger partial charge >= 0.3 is 0 Å². The average molecular weight is 157 g/mol. The molecule has 0 fully saturated rings. The molecule has 0 aliphatic rings. The molecule has 0 heterocycles. The highest BCUT2D eigenvalue weighted by Crippen LogP contribution is 2.07. The third kappa shape index (κ3) is 2.52. The number of aliphatic hydroxyl groups excluding tert-OH is 2. The fourth-order valence-corrected chi connectivity index (χ4v) is 0.374. The van der Waals surface area contributed by atoms with Gasteiger partial charge in [0.2, 0.25) is 0 Å². The monoisotopic (exact) mass is 156 g/mol. The van der Waals surface area contributed by atoms with E-state index in [2.05, 4.69) is 0 Å². The first-order chi connectivity index (χ1) is 3.72. The van der Waals surface area contributed by atoms with Gasteiger partial charge in [-0.25, -0.2) is 0 Å². The Morgan fingerprint density at radius 2 is 2.25 bits per heavy atom. The highest BCUT2D eigenvalue weighted by atomic mass is 35.5. The van der Waals surface area contributed by atoms with Gasteiger partial charge in [-0.1, -0.05) is 23.2 Å². The highest BCUT2D eigenvalue weighted by Gasteiger charge is 2.03. The molecule has 0 saturated heterocycles. The number of aliphatic hydroxyl groups is 2. The summed E-state index contributed by atoms with van der Waals surface area (Å²) in [4.78, 5) is 0. The highest BCUT2D eigenvalue weighted by molar-refractivity contribution is 6.36. The second-order valence-corrected chi connectivity index (χ2v) is 1.85. The molecule has 0 aromatic rings. The first-order valence-electron chi connectivity index (χ1n) is 1.97. The van der Waals surface area contributed by atoms with Crippen LogP contribution in [0, 0.1) is 0 Å². The molecular formula is C4H6Cl2O2. The van der Waals surface area contributed by atoms with E-state index in [9.17, 15) is 0 Å². The lowest BCUT2D eigenvalue weighted by Gasteiger charge is -2.01. The van der Waals surface area contributed by atoms with Crippen LogP contribution < -0.4 is 0 Å². The van der Waals surface area contributed by atoms with Gasteiger partial charge in [0, 0.05) is 5.54 Å². The molecule has 0 rings (SSSR count). The van der Waals surface area contributed by atoms with Gasteiger partial charge in [0.1, 0.15) is 6.10 Å². The maximum Gasteiger partial charge on any atom is 0.113 e. The first-order valence-corrected chi connectivity index (χ1v) is 2.78. The van der Waals surface area contributed by atoms with Crippen molar-refractivity contribution >= 4 is 23.2 Å². The molecule has 0 saturated carbocycles. The SMILES string of the molecule is OCC(O)/C(Cl)=C/Cl. The average Bonchev–Trinajstić information content (AvgIpc) is 1.84. The van der Waals surface area contributed by atoms with E-state index in [1.807, 2.05) is 0 Å². The molecule has 1 unspecified atom stereocenters. The summed E-state index contributed by atoms with van der Waals surface area (Å²) in [6, 6.07) is 0. The van der Waals surface area contributed by atoms with Gasteiger partial charge in [0.25, 0.3) is 0 Å². The second kappa shape index (κ2) is 4.15. The van der Waals surface area contributed by atoms with Crippen LogP contribution in [0.25, 0.3) is 0 Å². The van der Waals surface area contributed by atoms with Gasteiger partial charge in [-0.05, 0) is 0 Å². The van der Waals surface area contributed by atoms with Crippen LogP contribution in [-0.4, -0.2) is 22.9 Å². The maximum atomic E-state index is 8.59. The molecule has 0 bridgehead atoms. The predicted octanol–water partition coefficient (Wildman–Crippen LogP) is 0.659. The van der Waals surface area contributed by atoms with Crippen molar-refractivity contribution in [3.63, 3.8) is 0 Å². The summed E-state index contributed by atoms with van der Waals surface area (Å²) in [5.41, 5.74) is 1.02. The van der Waals surface area contributed by atoms with E-state index in [4.69, 9.17) is 33.4 Å². The minimum Gasteiger partial charge on any atom is -0.393 e. The Balaban J connectivity index is 3.63. The largest absolute Gasteiger partial charge is 0.393 e. The van der Waals surface area contributed by atoms with Gasteiger partial charge < -0.3 is 10.2 Å². The molecule has 0 aromatic carbocycles.